The number of nitrogen functional groups attached to an aromatic ring is 1. The van der Waals surface area contributed by atoms with E-state index in [1.165, 1.54) is 12.1 Å². The van der Waals surface area contributed by atoms with Crippen LogP contribution in [0.3, 0.4) is 0 Å². The molecule has 0 bridgehead atoms. The van der Waals surface area contributed by atoms with Gasteiger partial charge in [0.1, 0.15) is 5.76 Å². The summed E-state index contributed by atoms with van der Waals surface area (Å²) >= 11 is 0. The Bertz CT molecular complexity index is 567. The van der Waals surface area contributed by atoms with Gasteiger partial charge in [-0.05, 0) is 25.1 Å². The van der Waals surface area contributed by atoms with Crippen LogP contribution in [0, 0.1) is 10.1 Å². The minimum absolute atomic E-state index is 0.00658. The van der Waals surface area contributed by atoms with Crippen molar-refractivity contribution in [3.63, 3.8) is 0 Å². The van der Waals surface area contributed by atoms with Gasteiger partial charge in [-0.2, -0.15) is 0 Å². The smallest absolute Gasteiger partial charge is 0.273 e. The largest absolute Gasteiger partial charge is 0.467 e. The lowest BCUT2D eigenvalue weighted by atomic mass is 10.2. The summed E-state index contributed by atoms with van der Waals surface area (Å²) in [7, 11) is 0. The van der Waals surface area contributed by atoms with Crippen molar-refractivity contribution in [2.45, 2.75) is 13.5 Å². The molecule has 0 atom stereocenters. The van der Waals surface area contributed by atoms with Crippen molar-refractivity contribution in [1.82, 2.24) is 0 Å². The zero-order valence-electron chi connectivity index (χ0n) is 10.6. The quantitative estimate of drug-likeness (QED) is 0.508. The fourth-order valence-electron chi connectivity index (χ4n) is 1.88. The monoisotopic (exact) mass is 261 g/mol. The maximum Gasteiger partial charge on any atom is 0.273 e. The molecule has 1 aromatic heterocycles. The van der Waals surface area contributed by atoms with E-state index in [2.05, 4.69) is 0 Å². The van der Waals surface area contributed by atoms with Gasteiger partial charge in [0.25, 0.3) is 5.69 Å². The van der Waals surface area contributed by atoms with Gasteiger partial charge in [-0.25, -0.2) is 0 Å². The molecule has 0 saturated carbocycles. The highest BCUT2D eigenvalue weighted by atomic mass is 16.6. The third-order valence-electron chi connectivity index (χ3n) is 2.81. The first-order chi connectivity index (χ1) is 9.10. The Morgan fingerprint density at radius 2 is 2.21 bits per heavy atom. The van der Waals surface area contributed by atoms with E-state index in [-0.39, 0.29) is 5.69 Å². The molecule has 0 aliphatic carbocycles. The van der Waals surface area contributed by atoms with E-state index in [1.54, 1.807) is 12.3 Å². The summed E-state index contributed by atoms with van der Waals surface area (Å²) in [6, 6.07) is 8.26. The standard InChI is InChI=1S/C13H15N3O3/c1-2-15(9-13-4-3-5-19-13)11-6-10(14)7-12(8-11)16(17)18/h3-8H,2,9,14H2,1H3. The Kier molecular flexibility index (Phi) is 3.70. The topological polar surface area (TPSA) is 85.5 Å². The molecule has 100 valence electrons. The summed E-state index contributed by atoms with van der Waals surface area (Å²) in [5.74, 6) is 0.798. The number of non-ortho nitro benzene ring substituents is 1. The Balaban J connectivity index is 2.29. The maximum absolute atomic E-state index is 10.8. The minimum atomic E-state index is -0.444. The van der Waals surface area contributed by atoms with Gasteiger partial charge >= 0.3 is 0 Å². The molecule has 2 rings (SSSR count). The second-order valence-electron chi connectivity index (χ2n) is 4.13. The summed E-state index contributed by atoms with van der Waals surface area (Å²) in [4.78, 5) is 12.4. The predicted octanol–water partition coefficient (Wildman–Crippen LogP) is 2.80. The molecule has 2 aromatic rings. The number of nitro benzene ring substituents is 1. The van der Waals surface area contributed by atoms with Crippen molar-refractivity contribution in [1.29, 1.82) is 0 Å². The lowest BCUT2D eigenvalue weighted by molar-refractivity contribution is -0.384. The molecule has 0 fully saturated rings. The molecule has 0 amide bonds. The summed E-state index contributed by atoms with van der Waals surface area (Å²) < 4.78 is 5.29. The van der Waals surface area contributed by atoms with Crippen molar-refractivity contribution >= 4 is 17.1 Å². The second-order valence-corrected chi connectivity index (χ2v) is 4.13. The molecule has 1 heterocycles. The van der Waals surface area contributed by atoms with Gasteiger partial charge in [0.2, 0.25) is 0 Å². The van der Waals surface area contributed by atoms with E-state index in [0.29, 0.717) is 24.5 Å². The van der Waals surface area contributed by atoms with Crippen LogP contribution in [0.2, 0.25) is 0 Å². The van der Waals surface area contributed by atoms with Gasteiger partial charge in [-0.1, -0.05) is 0 Å². The number of hydrogen-bond donors (Lipinski definition) is 1. The molecular weight excluding hydrogens is 246 g/mol. The van der Waals surface area contributed by atoms with Gasteiger partial charge < -0.3 is 15.1 Å². The van der Waals surface area contributed by atoms with Crippen molar-refractivity contribution in [2.24, 2.45) is 0 Å². The van der Waals surface area contributed by atoms with Gasteiger partial charge in [0.15, 0.2) is 0 Å². The lowest BCUT2D eigenvalue weighted by Crippen LogP contribution is -2.21. The molecule has 0 unspecified atom stereocenters. The number of nitrogens with zero attached hydrogens (tertiary/aromatic N) is 2. The summed E-state index contributed by atoms with van der Waals surface area (Å²) in [5, 5.41) is 10.8. The SMILES string of the molecule is CCN(Cc1ccco1)c1cc(N)cc([N+](=O)[O-])c1. The van der Waals surface area contributed by atoms with Crippen LogP contribution >= 0.6 is 0 Å². The number of nitrogens with two attached hydrogens (primary N) is 1. The van der Waals surface area contributed by atoms with Crippen molar-refractivity contribution in [2.75, 3.05) is 17.2 Å². The summed E-state index contributed by atoms with van der Waals surface area (Å²) in [6.07, 6.45) is 1.60. The Morgan fingerprint density at radius 1 is 1.42 bits per heavy atom. The number of hydrogen-bond acceptors (Lipinski definition) is 5. The first kappa shape index (κ1) is 12.9. The second kappa shape index (κ2) is 5.43. The van der Waals surface area contributed by atoms with Gasteiger partial charge in [0, 0.05) is 30.1 Å². The normalized spacial score (nSPS) is 10.4. The Morgan fingerprint density at radius 3 is 2.79 bits per heavy atom. The van der Waals surface area contributed by atoms with E-state index in [9.17, 15) is 10.1 Å². The summed E-state index contributed by atoms with van der Waals surface area (Å²) in [5.41, 5.74) is 6.79. The predicted molar refractivity (Wildman–Crippen MR) is 72.9 cm³/mol. The molecule has 6 nitrogen and oxygen atoms in total. The fourth-order valence-corrected chi connectivity index (χ4v) is 1.88. The number of rotatable bonds is 5. The highest BCUT2D eigenvalue weighted by molar-refractivity contribution is 5.62. The zero-order chi connectivity index (χ0) is 13.8. The van der Waals surface area contributed by atoms with Crippen molar-refractivity contribution in [3.05, 3.63) is 52.5 Å². The molecule has 19 heavy (non-hydrogen) atoms. The average Bonchev–Trinajstić information content (AvgIpc) is 2.88. The first-order valence-electron chi connectivity index (χ1n) is 5.92. The molecule has 0 spiro atoms. The third-order valence-corrected chi connectivity index (χ3v) is 2.81. The van der Waals surface area contributed by atoms with E-state index in [0.717, 1.165) is 5.76 Å². The highest BCUT2D eigenvalue weighted by Gasteiger charge is 2.13. The van der Waals surface area contributed by atoms with Crippen LogP contribution in [-0.2, 0) is 6.54 Å². The van der Waals surface area contributed by atoms with Crippen LogP contribution in [0.25, 0.3) is 0 Å². The third kappa shape index (κ3) is 3.04. The van der Waals surface area contributed by atoms with E-state index in [1.807, 2.05) is 24.0 Å². The first-order valence-corrected chi connectivity index (χ1v) is 5.92. The molecule has 1 aromatic carbocycles. The van der Waals surface area contributed by atoms with Crippen LogP contribution in [0.15, 0.2) is 41.0 Å². The van der Waals surface area contributed by atoms with Crippen molar-refractivity contribution < 1.29 is 9.34 Å². The summed E-state index contributed by atoms with van der Waals surface area (Å²) in [6.45, 7) is 3.21. The number of benzene rings is 1. The molecule has 0 radical (unpaired) electrons. The molecule has 0 saturated heterocycles. The van der Waals surface area contributed by atoms with Crippen molar-refractivity contribution in [3.8, 4) is 0 Å². The molecular formula is C13H15N3O3. The Labute approximate surface area is 110 Å². The van der Waals surface area contributed by atoms with Crippen LogP contribution < -0.4 is 10.6 Å². The fraction of sp³-hybridized carbons (Fsp3) is 0.231. The minimum Gasteiger partial charge on any atom is -0.467 e. The average molecular weight is 261 g/mol. The molecule has 2 N–H and O–H groups in total. The molecule has 6 heteroatoms. The number of furan rings is 1. The van der Waals surface area contributed by atoms with Crippen LogP contribution in [-0.4, -0.2) is 11.5 Å². The molecule has 0 aliphatic heterocycles. The lowest BCUT2D eigenvalue weighted by Gasteiger charge is -2.22. The van der Waals surface area contributed by atoms with Crippen LogP contribution in [0.4, 0.5) is 17.1 Å². The number of anilines is 2. The maximum atomic E-state index is 10.8. The Hall–Kier alpha value is -2.50. The van der Waals surface area contributed by atoms with E-state index in [4.69, 9.17) is 10.2 Å². The van der Waals surface area contributed by atoms with Gasteiger partial charge in [-0.3, -0.25) is 10.1 Å². The van der Waals surface area contributed by atoms with E-state index >= 15 is 0 Å². The highest BCUT2D eigenvalue weighted by Crippen LogP contribution is 2.26. The van der Waals surface area contributed by atoms with Crippen LogP contribution in [0.1, 0.15) is 12.7 Å². The number of nitro groups is 1. The van der Waals surface area contributed by atoms with Crippen LogP contribution in [0.5, 0.6) is 0 Å². The van der Waals surface area contributed by atoms with Gasteiger partial charge in [0.05, 0.1) is 17.7 Å². The van der Waals surface area contributed by atoms with E-state index < -0.39 is 4.92 Å². The molecule has 0 aliphatic rings. The van der Waals surface area contributed by atoms with Gasteiger partial charge in [-0.15, -0.1) is 0 Å². The zero-order valence-corrected chi connectivity index (χ0v) is 10.6.